The largest absolute Gasteiger partial charge is 0.491 e. The zero-order valence-electron chi connectivity index (χ0n) is 15.2. The highest BCUT2D eigenvalue weighted by molar-refractivity contribution is 5.94. The van der Waals surface area contributed by atoms with Gasteiger partial charge in [-0.3, -0.25) is 4.79 Å². The lowest BCUT2D eigenvalue weighted by Crippen LogP contribution is -2.28. The molecule has 0 aliphatic heterocycles. The van der Waals surface area contributed by atoms with Crippen molar-refractivity contribution in [1.82, 2.24) is 5.32 Å². The molecule has 1 N–H and O–H groups in total. The van der Waals surface area contributed by atoms with Gasteiger partial charge in [-0.15, -0.1) is 0 Å². The standard InChI is InChI=1S/C23H23NO2/c1-17-8-9-18(2)22(16-17)26-15-14-24-23(25)21-12-10-20(11-13-21)19-6-4-3-5-7-19/h3-13,16H,14-15H2,1-2H3,(H,24,25). The summed E-state index contributed by atoms with van der Waals surface area (Å²) in [5, 5.41) is 2.90. The summed E-state index contributed by atoms with van der Waals surface area (Å²) < 4.78 is 5.77. The maximum Gasteiger partial charge on any atom is 0.251 e. The zero-order chi connectivity index (χ0) is 18.4. The molecule has 3 rings (SSSR count). The summed E-state index contributed by atoms with van der Waals surface area (Å²) in [6.45, 7) is 4.96. The number of hydrogen-bond acceptors (Lipinski definition) is 2. The monoisotopic (exact) mass is 345 g/mol. The van der Waals surface area contributed by atoms with E-state index in [0.717, 1.165) is 28.0 Å². The second-order valence-corrected chi connectivity index (χ2v) is 6.32. The summed E-state index contributed by atoms with van der Waals surface area (Å²) in [7, 11) is 0. The van der Waals surface area contributed by atoms with Crippen LogP contribution in [0.1, 0.15) is 21.5 Å². The molecule has 1 amide bonds. The molecule has 3 aromatic rings. The van der Waals surface area contributed by atoms with Crippen molar-refractivity contribution in [3.63, 3.8) is 0 Å². The van der Waals surface area contributed by atoms with Crippen LogP contribution < -0.4 is 10.1 Å². The first kappa shape index (κ1) is 17.7. The third kappa shape index (κ3) is 4.51. The van der Waals surface area contributed by atoms with Gasteiger partial charge in [0.05, 0.1) is 6.54 Å². The molecule has 3 nitrogen and oxygen atoms in total. The van der Waals surface area contributed by atoms with E-state index in [1.165, 1.54) is 0 Å². The number of amides is 1. The van der Waals surface area contributed by atoms with Gasteiger partial charge in [-0.1, -0.05) is 54.6 Å². The number of hydrogen-bond donors (Lipinski definition) is 1. The molecule has 0 heterocycles. The molecule has 0 spiro atoms. The molecule has 0 aliphatic rings. The second-order valence-electron chi connectivity index (χ2n) is 6.32. The van der Waals surface area contributed by atoms with E-state index >= 15 is 0 Å². The normalized spacial score (nSPS) is 10.4. The smallest absolute Gasteiger partial charge is 0.251 e. The van der Waals surface area contributed by atoms with Crippen LogP contribution >= 0.6 is 0 Å². The van der Waals surface area contributed by atoms with Gasteiger partial charge in [0.1, 0.15) is 12.4 Å². The van der Waals surface area contributed by atoms with Crippen LogP contribution in [0.2, 0.25) is 0 Å². The number of rotatable bonds is 6. The minimum Gasteiger partial charge on any atom is -0.491 e. The van der Waals surface area contributed by atoms with Crippen LogP contribution in [-0.4, -0.2) is 19.1 Å². The molecule has 0 fully saturated rings. The first-order valence-corrected chi connectivity index (χ1v) is 8.77. The van der Waals surface area contributed by atoms with Gasteiger partial charge in [0.15, 0.2) is 0 Å². The van der Waals surface area contributed by atoms with Crippen molar-refractivity contribution in [1.29, 1.82) is 0 Å². The predicted molar refractivity (Wildman–Crippen MR) is 106 cm³/mol. The lowest BCUT2D eigenvalue weighted by atomic mass is 10.0. The van der Waals surface area contributed by atoms with E-state index in [9.17, 15) is 4.79 Å². The lowest BCUT2D eigenvalue weighted by molar-refractivity contribution is 0.0947. The van der Waals surface area contributed by atoms with Gasteiger partial charge >= 0.3 is 0 Å². The quantitative estimate of drug-likeness (QED) is 0.653. The minimum absolute atomic E-state index is 0.0887. The van der Waals surface area contributed by atoms with Crippen molar-refractivity contribution in [3.8, 4) is 16.9 Å². The second kappa shape index (κ2) is 8.34. The van der Waals surface area contributed by atoms with Crippen molar-refractivity contribution < 1.29 is 9.53 Å². The van der Waals surface area contributed by atoms with Crippen molar-refractivity contribution in [2.75, 3.05) is 13.2 Å². The molecule has 0 aliphatic carbocycles. The average Bonchev–Trinajstić information content (AvgIpc) is 2.68. The zero-order valence-corrected chi connectivity index (χ0v) is 15.2. The number of benzene rings is 3. The van der Waals surface area contributed by atoms with Gasteiger partial charge in [-0.2, -0.15) is 0 Å². The molecule has 132 valence electrons. The third-order valence-corrected chi connectivity index (χ3v) is 4.24. The number of ether oxygens (including phenoxy) is 1. The summed E-state index contributed by atoms with van der Waals surface area (Å²) in [4.78, 5) is 12.3. The van der Waals surface area contributed by atoms with E-state index in [2.05, 4.69) is 23.5 Å². The Hall–Kier alpha value is -3.07. The fourth-order valence-corrected chi connectivity index (χ4v) is 2.74. The van der Waals surface area contributed by atoms with Gasteiger partial charge in [0, 0.05) is 5.56 Å². The van der Waals surface area contributed by atoms with Gasteiger partial charge in [0.25, 0.3) is 5.91 Å². The van der Waals surface area contributed by atoms with Gasteiger partial charge in [-0.25, -0.2) is 0 Å². The van der Waals surface area contributed by atoms with Gasteiger partial charge in [-0.05, 0) is 54.3 Å². The minimum atomic E-state index is -0.0887. The molecule has 0 radical (unpaired) electrons. The van der Waals surface area contributed by atoms with Crippen molar-refractivity contribution in [2.45, 2.75) is 13.8 Å². The molecule has 0 saturated carbocycles. The van der Waals surface area contributed by atoms with Crippen LogP contribution in [0.3, 0.4) is 0 Å². The van der Waals surface area contributed by atoms with Crippen LogP contribution in [0, 0.1) is 13.8 Å². The summed E-state index contributed by atoms with van der Waals surface area (Å²) in [6.07, 6.45) is 0. The fourth-order valence-electron chi connectivity index (χ4n) is 2.74. The summed E-state index contributed by atoms with van der Waals surface area (Å²) in [5.74, 6) is 0.778. The van der Waals surface area contributed by atoms with Crippen molar-refractivity contribution in [2.24, 2.45) is 0 Å². The van der Waals surface area contributed by atoms with Crippen LogP contribution in [0.5, 0.6) is 5.75 Å². The van der Waals surface area contributed by atoms with E-state index in [1.807, 2.05) is 68.4 Å². The molecule has 0 unspecified atom stereocenters. The van der Waals surface area contributed by atoms with Crippen molar-refractivity contribution >= 4 is 5.91 Å². The Morgan fingerprint density at radius 1 is 0.885 bits per heavy atom. The Bertz CT molecular complexity index is 870. The summed E-state index contributed by atoms with van der Waals surface area (Å²) in [5.41, 5.74) is 5.14. The molecule has 0 bridgehead atoms. The van der Waals surface area contributed by atoms with E-state index in [0.29, 0.717) is 18.7 Å². The lowest BCUT2D eigenvalue weighted by Gasteiger charge is -2.11. The molecule has 3 heteroatoms. The van der Waals surface area contributed by atoms with E-state index in [4.69, 9.17) is 4.74 Å². The average molecular weight is 345 g/mol. The van der Waals surface area contributed by atoms with E-state index in [-0.39, 0.29) is 5.91 Å². The molecular weight excluding hydrogens is 322 g/mol. The number of carbonyl (C=O) groups excluding carboxylic acids is 1. The molecular formula is C23H23NO2. The Morgan fingerprint density at radius 3 is 2.31 bits per heavy atom. The van der Waals surface area contributed by atoms with E-state index < -0.39 is 0 Å². The van der Waals surface area contributed by atoms with Crippen molar-refractivity contribution in [3.05, 3.63) is 89.5 Å². The van der Waals surface area contributed by atoms with Gasteiger partial charge < -0.3 is 10.1 Å². The number of nitrogens with one attached hydrogen (secondary N) is 1. The van der Waals surface area contributed by atoms with E-state index in [1.54, 1.807) is 0 Å². The predicted octanol–water partition coefficient (Wildman–Crippen LogP) is 4.78. The molecule has 0 saturated heterocycles. The first-order chi connectivity index (χ1) is 12.6. The first-order valence-electron chi connectivity index (χ1n) is 8.77. The van der Waals surface area contributed by atoms with Crippen LogP contribution in [0.25, 0.3) is 11.1 Å². The Morgan fingerprint density at radius 2 is 1.58 bits per heavy atom. The summed E-state index contributed by atoms with van der Waals surface area (Å²) in [6, 6.07) is 23.9. The van der Waals surface area contributed by atoms with Crippen LogP contribution in [0.4, 0.5) is 0 Å². The highest BCUT2D eigenvalue weighted by Gasteiger charge is 2.06. The third-order valence-electron chi connectivity index (χ3n) is 4.24. The topological polar surface area (TPSA) is 38.3 Å². The Kier molecular flexibility index (Phi) is 5.69. The SMILES string of the molecule is Cc1ccc(C)c(OCCNC(=O)c2ccc(-c3ccccc3)cc2)c1. The highest BCUT2D eigenvalue weighted by Crippen LogP contribution is 2.20. The van der Waals surface area contributed by atoms with Crippen LogP contribution in [0.15, 0.2) is 72.8 Å². The summed E-state index contributed by atoms with van der Waals surface area (Å²) >= 11 is 0. The molecule has 0 aromatic heterocycles. The Labute approximate surface area is 154 Å². The molecule has 0 atom stereocenters. The molecule has 26 heavy (non-hydrogen) atoms. The van der Waals surface area contributed by atoms with Crippen LogP contribution in [-0.2, 0) is 0 Å². The highest BCUT2D eigenvalue weighted by atomic mass is 16.5. The fraction of sp³-hybridized carbons (Fsp3) is 0.174. The number of carbonyl (C=O) groups is 1. The maximum absolute atomic E-state index is 12.3. The van der Waals surface area contributed by atoms with Gasteiger partial charge in [0.2, 0.25) is 0 Å². The Balaban J connectivity index is 1.51. The molecule has 3 aromatic carbocycles. The number of aryl methyl sites for hydroxylation is 2. The maximum atomic E-state index is 12.3.